The summed E-state index contributed by atoms with van der Waals surface area (Å²) in [5.74, 6) is -2.93. The third-order valence-corrected chi connectivity index (χ3v) is 3.77. The molecule has 2 aliphatic heterocycles. The Morgan fingerprint density at radius 1 is 1.21 bits per heavy atom. The fraction of sp³-hybridized carbons (Fsp3) is 0.818. The van der Waals surface area contributed by atoms with Gasteiger partial charge in [0.05, 0.1) is 0 Å². The molecular weight excluding hydrogens is 265 g/mol. The predicted octanol–water partition coefficient (Wildman–Crippen LogP) is 0.350. The van der Waals surface area contributed by atoms with Crippen LogP contribution in [0, 0.1) is 5.41 Å². The maximum absolute atomic E-state index is 12.3. The summed E-state index contributed by atoms with van der Waals surface area (Å²) < 4.78 is 41.3. The van der Waals surface area contributed by atoms with Crippen molar-refractivity contribution < 1.29 is 27.5 Å². The molecule has 0 saturated carbocycles. The fourth-order valence-corrected chi connectivity index (χ4v) is 2.73. The number of amides is 1. The molecule has 1 amide bonds. The first-order chi connectivity index (χ1) is 8.85. The molecule has 0 aliphatic carbocycles. The van der Waals surface area contributed by atoms with Crippen LogP contribution in [0.2, 0.25) is 0 Å². The second kappa shape index (κ2) is 4.99. The van der Waals surface area contributed by atoms with Gasteiger partial charge in [-0.3, -0.25) is 4.79 Å². The smallest absolute Gasteiger partial charge is 0.445 e. The minimum absolute atomic E-state index is 0.402. The molecule has 2 N–H and O–H groups in total. The van der Waals surface area contributed by atoms with Crippen molar-refractivity contribution in [3.8, 4) is 0 Å². The Kier molecular flexibility index (Phi) is 3.71. The van der Waals surface area contributed by atoms with Crippen molar-refractivity contribution in [1.29, 1.82) is 0 Å². The zero-order chi connectivity index (χ0) is 14.1. The van der Waals surface area contributed by atoms with Gasteiger partial charge in [0.2, 0.25) is 0 Å². The van der Waals surface area contributed by atoms with E-state index < -0.39 is 29.6 Å². The molecular formula is C11H15F3N2O3. The maximum Gasteiger partial charge on any atom is 0.490 e. The Bertz CT molecular complexity index is 372. The van der Waals surface area contributed by atoms with E-state index >= 15 is 0 Å². The lowest BCUT2D eigenvalue weighted by atomic mass is 9.69. The molecule has 2 fully saturated rings. The lowest BCUT2D eigenvalue weighted by molar-refractivity contribution is -0.213. The van der Waals surface area contributed by atoms with Crippen LogP contribution < -0.4 is 10.6 Å². The highest BCUT2D eigenvalue weighted by molar-refractivity contribution is 5.86. The summed E-state index contributed by atoms with van der Waals surface area (Å²) in [6.07, 6.45) is -4.86. The number of ether oxygens (including phenoxy) is 1. The number of hydrogen-bond acceptors (Lipinski definition) is 4. The largest absolute Gasteiger partial charge is 0.490 e. The fourth-order valence-electron chi connectivity index (χ4n) is 2.73. The molecule has 2 aliphatic rings. The van der Waals surface area contributed by atoms with Gasteiger partial charge in [-0.1, -0.05) is 0 Å². The zero-order valence-electron chi connectivity index (χ0n) is 10.2. The number of carbonyl (C=O) groups is 2. The summed E-state index contributed by atoms with van der Waals surface area (Å²) in [5, 5.41) is 5.54. The van der Waals surface area contributed by atoms with Crippen LogP contribution in [0.3, 0.4) is 0 Å². The van der Waals surface area contributed by atoms with Crippen LogP contribution in [0.4, 0.5) is 13.2 Å². The second-order valence-corrected chi connectivity index (χ2v) is 4.94. The number of piperidine rings is 2. The second-order valence-electron chi connectivity index (χ2n) is 4.94. The van der Waals surface area contributed by atoms with Crippen LogP contribution in [0.5, 0.6) is 0 Å². The molecule has 1 unspecified atom stereocenters. The molecule has 2 rings (SSSR count). The zero-order valence-corrected chi connectivity index (χ0v) is 10.2. The Morgan fingerprint density at radius 3 is 2.37 bits per heavy atom. The van der Waals surface area contributed by atoms with E-state index in [2.05, 4.69) is 15.4 Å². The first kappa shape index (κ1) is 14.1. The first-order valence-corrected chi connectivity index (χ1v) is 6.11. The average Bonchev–Trinajstić information content (AvgIpc) is 2.34. The minimum atomic E-state index is -5.08. The normalized spacial score (nSPS) is 26.9. The first-order valence-electron chi connectivity index (χ1n) is 6.11. The Labute approximate surface area is 107 Å². The summed E-state index contributed by atoms with van der Waals surface area (Å²) in [7, 11) is 0. The van der Waals surface area contributed by atoms with E-state index in [0.29, 0.717) is 38.9 Å². The molecule has 0 aromatic heterocycles. The van der Waals surface area contributed by atoms with Crippen LogP contribution in [0.15, 0.2) is 0 Å². The van der Waals surface area contributed by atoms with Gasteiger partial charge in [-0.25, -0.2) is 4.79 Å². The molecule has 1 atom stereocenters. The van der Waals surface area contributed by atoms with Gasteiger partial charge in [0.15, 0.2) is 6.10 Å². The number of halogens is 3. The van der Waals surface area contributed by atoms with Crippen LogP contribution in [0.1, 0.15) is 19.3 Å². The molecule has 0 aromatic carbocycles. The summed E-state index contributed by atoms with van der Waals surface area (Å²) in [4.78, 5) is 22.7. The van der Waals surface area contributed by atoms with Crippen molar-refractivity contribution in [3.63, 3.8) is 0 Å². The van der Waals surface area contributed by atoms with Crippen LogP contribution in [-0.2, 0) is 14.3 Å². The lowest BCUT2D eigenvalue weighted by Gasteiger charge is -2.45. The summed E-state index contributed by atoms with van der Waals surface area (Å²) in [5.41, 5.74) is -0.672. The van der Waals surface area contributed by atoms with E-state index in [-0.39, 0.29) is 0 Å². The highest BCUT2D eigenvalue weighted by Gasteiger charge is 2.52. The van der Waals surface area contributed by atoms with Gasteiger partial charge in [0, 0.05) is 12.0 Å². The lowest BCUT2D eigenvalue weighted by Crippen LogP contribution is -2.58. The van der Waals surface area contributed by atoms with E-state index in [0.717, 1.165) is 0 Å². The molecule has 0 aromatic rings. The van der Waals surface area contributed by atoms with E-state index in [4.69, 9.17) is 0 Å². The van der Waals surface area contributed by atoms with Gasteiger partial charge in [-0.2, -0.15) is 13.2 Å². The molecule has 108 valence electrons. The van der Waals surface area contributed by atoms with Crippen molar-refractivity contribution in [2.45, 2.75) is 31.5 Å². The topological polar surface area (TPSA) is 67.4 Å². The summed E-state index contributed by atoms with van der Waals surface area (Å²) in [6, 6.07) is 0. The van der Waals surface area contributed by atoms with E-state index in [9.17, 15) is 22.8 Å². The number of esters is 1. The van der Waals surface area contributed by atoms with Gasteiger partial charge in [-0.05, 0) is 32.4 Å². The van der Waals surface area contributed by atoms with Gasteiger partial charge < -0.3 is 15.4 Å². The molecule has 2 saturated heterocycles. The van der Waals surface area contributed by atoms with E-state index in [1.165, 1.54) is 0 Å². The number of hydrogen-bond donors (Lipinski definition) is 2. The third kappa shape index (κ3) is 2.83. The van der Waals surface area contributed by atoms with E-state index in [1.807, 2.05) is 0 Å². The van der Waals surface area contributed by atoms with Crippen LogP contribution >= 0.6 is 0 Å². The van der Waals surface area contributed by atoms with Crippen molar-refractivity contribution in [2.75, 3.05) is 19.6 Å². The van der Waals surface area contributed by atoms with Crippen molar-refractivity contribution in [3.05, 3.63) is 0 Å². The Morgan fingerprint density at radius 2 is 1.79 bits per heavy atom. The summed E-state index contributed by atoms with van der Waals surface area (Å²) >= 11 is 0. The molecule has 1 spiro atoms. The average molecular weight is 280 g/mol. The highest BCUT2D eigenvalue weighted by Crippen LogP contribution is 2.40. The number of nitrogens with one attached hydrogen (secondary N) is 2. The van der Waals surface area contributed by atoms with Crippen LogP contribution in [0.25, 0.3) is 0 Å². The maximum atomic E-state index is 12.3. The van der Waals surface area contributed by atoms with Crippen molar-refractivity contribution in [2.24, 2.45) is 5.41 Å². The minimum Gasteiger partial charge on any atom is -0.445 e. The predicted molar refractivity (Wildman–Crippen MR) is 58.1 cm³/mol. The molecule has 0 radical (unpaired) electrons. The Balaban J connectivity index is 2.17. The third-order valence-electron chi connectivity index (χ3n) is 3.77. The van der Waals surface area contributed by atoms with Crippen molar-refractivity contribution >= 4 is 11.9 Å². The quantitative estimate of drug-likeness (QED) is 0.680. The standard InChI is InChI=1S/C11H15F3N2O3/c12-11(13,14)9(18)19-7-8(17)16-6-3-10(7)1-4-15-5-2-10/h7,15H,1-6H2,(H,16,17). The number of carbonyl (C=O) groups excluding carboxylic acids is 2. The Hall–Kier alpha value is -1.31. The van der Waals surface area contributed by atoms with E-state index in [1.54, 1.807) is 0 Å². The molecule has 0 bridgehead atoms. The SMILES string of the molecule is O=C1NCCC2(CCNCC2)C1OC(=O)C(F)(F)F. The van der Waals surface area contributed by atoms with Crippen molar-refractivity contribution in [1.82, 2.24) is 10.6 Å². The molecule has 8 heteroatoms. The number of rotatable bonds is 1. The molecule has 5 nitrogen and oxygen atoms in total. The van der Waals surface area contributed by atoms with Gasteiger partial charge in [0.25, 0.3) is 5.91 Å². The molecule has 19 heavy (non-hydrogen) atoms. The monoisotopic (exact) mass is 280 g/mol. The highest BCUT2D eigenvalue weighted by atomic mass is 19.4. The summed E-state index contributed by atoms with van der Waals surface area (Å²) in [6.45, 7) is 1.61. The molecule has 2 heterocycles. The van der Waals surface area contributed by atoms with Gasteiger partial charge >= 0.3 is 12.1 Å². The van der Waals surface area contributed by atoms with Gasteiger partial charge in [0.1, 0.15) is 0 Å². The van der Waals surface area contributed by atoms with Gasteiger partial charge in [-0.15, -0.1) is 0 Å². The number of alkyl halides is 3. The van der Waals surface area contributed by atoms with Crippen LogP contribution in [-0.4, -0.2) is 43.8 Å².